The number of carboxylic acid groups (broad SMARTS) is 1. The van der Waals surface area contributed by atoms with Crippen LogP contribution in [-0.4, -0.2) is 22.5 Å². The molecule has 1 fully saturated rings. The van der Waals surface area contributed by atoms with Gasteiger partial charge in [-0.15, -0.1) is 0 Å². The Morgan fingerprint density at radius 2 is 1.81 bits per heavy atom. The zero-order chi connectivity index (χ0) is 12.3. The van der Waals surface area contributed by atoms with Crippen LogP contribution in [-0.2, 0) is 9.59 Å². The van der Waals surface area contributed by atoms with Crippen LogP contribution in [0.25, 0.3) is 0 Å². The molecule has 0 aliphatic heterocycles. The van der Waals surface area contributed by atoms with Gasteiger partial charge in [-0.3, -0.25) is 4.79 Å². The third-order valence-electron chi connectivity index (χ3n) is 3.42. The largest absolute Gasteiger partial charge is 0.480 e. The number of carbonyl (C=O) groups is 2. The average Bonchev–Trinajstić information content (AvgIpc) is 2.17. The number of aliphatic carboxylic acids is 1. The number of nitrogens with one attached hydrogen (secondary N) is 1. The quantitative estimate of drug-likeness (QED) is 0.772. The molecule has 16 heavy (non-hydrogen) atoms. The van der Waals surface area contributed by atoms with Crippen LogP contribution in [0, 0.1) is 11.8 Å². The summed E-state index contributed by atoms with van der Waals surface area (Å²) in [6, 6.07) is 0. The lowest BCUT2D eigenvalue weighted by atomic mass is 9.79. The second-order valence-corrected chi connectivity index (χ2v) is 5.29. The fourth-order valence-electron chi connectivity index (χ4n) is 2.16. The third kappa shape index (κ3) is 2.97. The molecule has 2 N–H and O–H groups in total. The Morgan fingerprint density at radius 3 is 2.31 bits per heavy atom. The second kappa shape index (κ2) is 4.85. The summed E-state index contributed by atoms with van der Waals surface area (Å²) >= 11 is 0. The van der Waals surface area contributed by atoms with Crippen molar-refractivity contribution in [1.82, 2.24) is 5.32 Å². The number of hydrogen-bond donors (Lipinski definition) is 2. The standard InChI is InChI=1S/C12H21NO3/c1-8-6-4-5-7-9(8)10(14)13-12(2,3)11(15)16/h8-9H,4-7H2,1-3H3,(H,13,14)(H,15,16). The number of hydrogen-bond acceptors (Lipinski definition) is 2. The summed E-state index contributed by atoms with van der Waals surface area (Å²) in [5, 5.41) is 11.6. The molecule has 1 saturated carbocycles. The molecule has 4 nitrogen and oxygen atoms in total. The van der Waals surface area contributed by atoms with Gasteiger partial charge in [0, 0.05) is 5.92 Å². The van der Waals surface area contributed by atoms with Crippen LogP contribution in [0.4, 0.5) is 0 Å². The van der Waals surface area contributed by atoms with Gasteiger partial charge < -0.3 is 10.4 Å². The number of amides is 1. The number of carboxylic acids is 1. The molecule has 2 unspecified atom stereocenters. The molecule has 2 atom stereocenters. The lowest BCUT2D eigenvalue weighted by Gasteiger charge is -2.30. The molecule has 1 amide bonds. The average molecular weight is 227 g/mol. The van der Waals surface area contributed by atoms with Crippen LogP contribution in [0.1, 0.15) is 46.5 Å². The van der Waals surface area contributed by atoms with Crippen molar-refractivity contribution in [3.8, 4) is 0 Å². The van der Waals surface area contributed by atoms with Crippen molar-refractivity contribution in [3.63, 3.8) is 0 Å². The summed E-state index contributed by atoms with van der Waals surface area (Å²) in [4.78, 5) is 22.9. The summed E-state index contributed by atoms with van der Waals surface area (Å²) in [6.45, 7) is 5.10. The van der Waals surface area contributed by atoms with E-state index in [1.165, 1.54) is 20.3 Å². The molecule has 1 rings (SSSR count). The highest BCUT2D eigenvalue weighted by atomic mass is 16.4. The van der Waals surface area contributed by atoms with Gasteiger partial charge in [0.1, 0.15) is 5.54 Å². The Labute approximate surface area is 96.4 Å². The summed E-state index contributed by atoms with van der Waals surface area (Å²) in [7, 11) is 0. The Bertz CT molecular complexity index is 286. The minimum atomic E-state index is -1.17. The maximum absolute atomic E-state index is 12.0. The zero-order valence-electron chi connectivity index (χ0n) is 10.2. The van der Waals surface area contributed by atoms with Crippen molar-refractivity contribution in [2.45, 2.75) is 52.0 Å². The second-order valence-electron chi connectivity index (χ2n) is 5.29. The van der Waals surface area contributed by atoms with Gasteiger partial charge in [-0.05, 0) is 32.6 Å². The van der Waals surface area contributed by atoms with Crippen LogP contribution in [0.2, 0.25) is 0 Å². The van der Waals surface area contributed by atoms with Gasteiger partial charge in [0.15, 0.2) is 0 Å². The summed E-state index contributed by atoms with van der Waals surface area (Å²) in [5.41, 5.74) is -1.17. The highest BCUT2D eigenvalue weighted by Gasteiger charge is 2.34. The van der Waals surface area contributed by atoms with Crippen molar-refractivity contribution >= 4 is 11.9 Å². The molecule has 1 aliphatic rings. The highest BCUT2D eigenvalue weighted by molar-refractivity contribution is 5.87. The van der Waals surface area contributed by atoms with Gasteiger partial charge in [0.05, 0.1) is 0 Å². The molecule has 4 heteroatoms. The Kier molecular flexibility index (Phi) is 3.94. The first kappa shape index (κ1) is 13.0. The lowest BCUT2D eigenvalue weighted by Crippen LogP contribution is -2.52. The minimum Gasteiger partial charge on any atom is -0.480 e. The normalized spacial score (nSPS) is 26.2. The first-order valence-corrected chi connectivity index (χ1v) is 5.90. The molecule has 1 aliphatic carbocycles. The molecule has 0 aromatic rings. The van der Waals surface area contributed by atoms with E-state index in [0.717, 1.165) is 19.3 Å². The molecule has 0 aromatic heterocycles. The Morgan fingerprint density at radius 1 is 1.25 bits per heavy atom. The van der Waals surface area contributed by atoms with E-state index in [2.05, 4.69) is 12.2 Å². The highest BCUT2D eigenvalue weighted by Crippen LogP contribution is 2.30. The molecule has 92 valence electrons. The van der Waals surface area contributed by atoms with E-state index in [4.69, 9.17) is 5.11 Å². The Hall–Kier alpha value is -1.06. The summed E-state index contributed by atoms with van der Waals surface area (Å²) in [5.74, 6) is -0.769. The van der Waals surface area contributed by atoms with Gasteiger partial charge in [0.2, 0.25) is 5.91 Å². The van der Waals surface area contributed by atoms with Crippen molar-refractivity contribution in [2.24, 2.45) is 11.8 Å². The van der Waals surface area contributed by atoms with Crippen LogP contribution in [0.3, 0.4) is 0 Å². The molecule has 0 bridgehead atoms. The zero-order valence-corrected chi connectivity index (χ0v) is 10.2. The Balaban J connectivity index is 2.61. The van der Waals surface area contributed by atoms with E-state index in [1.54, 1.807) is 0 Å². The van der Waals surface area contributed by atoms with Gasteiger partial charge in [-0.1, -0.05) is 19.8 Å². The molecule has 0 radical (unpaired) electrons. The topological polar surface area (TPSA) is 66.4 Å². The van der Waals surface area contributed by atoms with Gasteiger partial charge in [-0.2, -0.15) is 0 Å². The lowest BCUT2D eigenvalue weighted by molar-refractivity contribution is -0.147. The molecular formula is C12H21NO3. The predicted octanol–water partition coefficient (Wildman–Crippen LogP) is 1.79. The first-order valence-electron chi connectivity index (χ1n) is 5.90. The van der Waals surface area contributed by atoms with E-state index >= 15 is 0 Å². The van der Waals surface area contributed by atoms with E-state index in [0.29, 0.717) is 5.92 Å². The van der Waals surface area contributed by atoms with E-state index in [1.807, 2.05) is 0 Å². The maximum atomic E-state index is 12.0. The summed E-state index contributed by atoms with van der Waals surface area (Å²) in [6.07, 6.45) is 4.18. The fourth-order valence-corrected chi connectivity index (χ4v) is 2.16. The SMILES string of the molecule is CC1CCCCC1C(=O)NC(C)(C)C(=O)O. The summed E-state index contributed by atoms with van der Waals surface area (Å²) < 4.78 is 0. The third-order valence-corrected chi connectivity index (χ3v) is 3.42. The smallest absolute Gasteiger partial charge is 0.328 e. The molecule has 0 aromatic carbocycles. The molecule has 0 spiro atoms. The number of rotatable bonds is 3. The van der Waals surface area contributed by atoms with Crippen LogP contribution in [0.15, 0.2) is 0 Å². The van der Waals surface area contributed by atoms with E-state index in [9.17, 15) is 9.59 Å². The monoisotopic (exact) mass is 227 g/mol. The van der Waals surface area contributed by atoms with Gasteiger partial charge in [0.25, 0.3) is 0 Å². The maximum Gasteiger partial charge on any atom is 0.328 e. The van der Waals surface area contributed by atoms with Crippen LogP contribution >= 0.6 is 0 Å². The fraction of sp³-hybridized carbons (Fsp3) is 0.833. The van der Waals surface area contributed by atoms with E-state index < -0.39 is 11.5 Å². The van der Waals surface area contributed by atoms with E-state index in [-0.39, 0.29) is 11.8 Å². The minimum absolute atomic E-state index is 0.0209. The first-order chi connectivity index (χ1) is 7.34. The molecule has 0 saturated heterocycles. The number of carbonyl (C=O) groups excluding carboxylic acids is 1. The van der Waals surface area contributed by atoms with Crippen molar-refractivity contribution in [2.75, 3.05) is 0 Å². The predicted molar refractivity (Wildman–Crippen MR) is 61.0 cm³/mol. The van der Waals surface area contributed by atoms with Crippen molar-refractivity contribution in [1.29, 1.82) is 0 Å². The van der Waals surface area contributed by atoms with Gasteiger partial charge in [-0.25, -0.2) is 4.79 Å². The van der Waals surface area contributed by atoms with Crippen molar-refractivity contribution in [3.05, 3.63) is 0 Å². The van der Waals surface area contributed by atoms with Crippen LogP contribution in [0.5, 0.6) is 0 Å². The van der Waals surface area contributed by atoms with Crippen molar-refractivity contribution < 1.29 is 14.7 Å². The molecular weight excluding hydrogens is 206 g/mol. The van der Waals surface area contributed by atoms with Gasteiger partial charge >= 0.3 is 5.97 Å². The van der Waals surface area contributed by atoms with Crippen LogP contribution < -0.4 is 5.32 Å². The molecule has 0 heterocycles.